The van der Waals surface area contributed by atoms with Crippen LogP contribution in [0.3, 0.4) is 0 Å². The molecule has 12 heteroatoms. The van der Waals surface area contributed by atoms with Gasteiger partial charge in [0.2, 0.25) is 0 Å². The number of nitrogens with zero attached hydrogens (tertiary/aromatic N) is 2. The lowest BCUT2D eigenvalue weighted by Crippen LogP contribution is -2.42. The topological polar surface area (TPSA) is 113 Å². The van der Waals surface area contributed by atoms with Gasteiger partial charge in [0.15, 0.2) is 6.10 Å². The van der Waals surface area contributed by atoms with E-state index in [1.54, 1.807) is 6.07 Å². The number of carbonyl (C=O) groups excluding carboxylic acids is 3. The summed E-state index contributed by atoms with van der Waals surface area (Å²) in [5.41, 5.74) is 1.37. The molecule has 4 amide bonds. The van der Waals surface area contributed by atoms with Crippen LogP contribution in [0.25, 0.3) is 0 Å². The zero-order valence-electron chi connectivity index (χ0n) is 21.5. The Morgan fingerprint density at radius 1 is 1.13 bits per heavy atom. The number of alkyl halides is 3. The molecule has 210 valence electrons. The Kier molecular flexibility index (Phi) is 8.93. The summed E-state index contributed by atoms with van der Waals surface area (Å²) in [6.45, 7) is 1.79. The number of carbonyl (C=O) groups is 3. The van der Waals surface area contributed by atoms with Gasteiger partial charge in [-0.2, -0.15) is 13.2 Å². The quantitative estimate of drug-likeness (QED) is 0.447. The lowest BCUT2D eigenvalue weighted by Gasteiger charge is -2.31. The summed E-state index contributed by atoms with van der Waals surface area (Å²) in [5, 5.41) is 7.30. The SMILES string of the molecule is CC1CCC([C@H](OC(=O)NCc2ccccc2)C(=O)Nc2cc(CN3C[C@@H](C(F)(F)F)NC3=O)ccn2)CC1. The van der Waals surface area contributed by atoms with Crippen LogP contribution in [0.5, 0.6) is 0 Å². The number of benzene rings is 1. The maximum Gasteiger partial charge on any atom is 0.410 e. The summed E-state index contributed by atoms with van der Waals surface area (Å²) in [5.74, 6) is -0.0357. The van der Waals surface area contributed by atoms with Crippen molar-refractivity contribution in [2.45, 2.75) is 64.0 Å². The Hall–Kier alpha value is -3.83. The number of hydrogen-bond acceptors (Lipinski definition) is 5. The highest BCUT2D eigenvalue weighted by molar-refractivity contribution is 5.94. The average Bonchev–Trinajstić information content (AvgIpc) is 3.28. The number of ether oxygens (including phenoxy) is 1. The van der Waals surface area contributed by atoms with E-state index in [9.17, 15) is 27.6 Å². The summed E-state index contributed by atoms with van der Waals surface area (Å²) in [6.07, 6.45) is -1.63. The van der Waals surface area contributed by atoms with Crippen LogP contribution in [0.4, 0.5) is 28.6 Å². The minimum Gasteiger partial charge on any atom is -0.436 e. The van der Waals surface area contributed by atoms with Crippen molar-refractivity contribution in [2.24, 2.45) is 11.8 Å². The highest BCUT2D eigenvalue weighted by Gasteiger charge is 2.46. The molecule has 2 heterocycles. The van der Waals surface area contributed by atoms with E-state index < -0.39 is 42.9 Å². The summed E-state index contributed by atoms with van der Waals surface area (Å²) < 4.78 is 44.6. The van der Waals surface area contributed by atoms with Crippen LogP contribution in [-0.2, 0) is 22.6 Å². The third kappa shape index (κ3) is 7.84. The van der Waals surface area contributed by atoms with E-state index >= 15 is 0 Å². The summed E-state index contributed by atoms with van der Waals surface area (Å²) >= 11 is 0. The number of alkyl carbamates (subject to hydrolysis) is 1. The van der Waals surface area contributed by atoms with Gasteiger partial charge in [0.25, 0.3) is 5.91 Å². The van der Waals surface area contributed by atoms with Gasteiger partial charge < -0.3 is 25.6 Å². The molecule has 0 spiro atoms. The second-order valence-corrected chi connectivity index (χ2v) is 10.1. The third-order valence-electron chi connectivity index (χ3n) is 7.09. The normalized spacial score (nSPS) is 22.1. The number of rotatable bonds is 8. The molecule has 1 aliphatic heterocycles. The second kappa shape index (κ2) is 12.4. The second-order valence-electron chi connectivity index (χ2n) is 10.1. The molecule has 1 saturated heterocycles. The van der Waals surface area contributed by atoms with E-state index in [0.29, 0.717) is 11.5 Å². The van der Waals surface area contributed by atoms with Crippen molar-refractivity contribution >= 4 is 23.8 Å². The van der Waals surface area contributed by atoms with E-state index in [-0.39, 0.29) is 24.8 Å². The van der Waals surface area contributed by atoms with Gasteiger partial charge in [-0.3, -0.25) is 4.79 Å². The number of hydrogen-bond donors (Lipinski definition) is 3. The van der Waals surface area contributed by atoms with Crippen LogP contribution in [0.15, 0.2) is 48.7 Å². The monoisotopic (exact) mass is 547 g/mol. The predicted molar refractivity (Wildman–Crippen MR) is 136 cm³/mol. The van der Waals surface area contributed by atoms with Gasteiger partial charge in [-0.1, -0.05) is 50.1 Å². The molecule has 39 heavy (non-hydrogen) atoms. The van der Waals surface area contributed by atoms with Crippen LogP contribution in [0.2, 0.25) is 0 Å². The summed E-state index contributed by atoms with van der Waals surface area (Å²) in [6, 6.07) is 9.59. The molecule has 3 N–H and O–H groups in total. The Morgan fingerprint density at radius 2 is 1.85 bits per heavy atom. The fourth-order valence-corrected chi connectivity index (χ4v) is 4.85. The Balaban J connectivity index is 1.40. The van der Waals surface area contributed by atoms with Gasteiger partial charge in [0, 0.05) is 25.2 Å². The fraction of sp³-hybridized carbons (Fsp3) is 0.481. The molecule has 4 rings (SSSR count). The molecule has 0 unspecified atom stereocenters. The Bertz CT molecular complexity index is 1160. The first-order valence-electron chi connectivity index (χ1n) is 12.9. The molecule has 0 bridgehead atoms. The highest BCUT2D eigenvalue weighted by Crippen LogP contribution is 2.32. The van der Waals surface area contributed by atoms with Gasteiger partial charge in [0.1, 0.15) is 11.9 Å². The molecule has 0 radical (unpaired) electrons. The van der Waals surface area contributed by atoms with Crippen LogP contribution in [0, 0.1) is 11.8 Å². The van der Waals surface area contributed by atoms with Crippen LogP contribution in [-0.4, -0.2) is 52.8 Å². The van der Waals surface area contributed by atoms with Crippen molar-refractivity contribution in [1.82, 2.24) is 20.5 Å². The summed E-state index contributed by atoms with van der Waals surface area (Å²) in [4.78, 5) is 43.1. The smallest absolute Gasteiger partial charge is 0.410 e. The average molecular weight is 548 g/mol. The Labute approximate surface area is 224 Å². The van der Waals surface area contributed by atoms with Crippen molar-refractivity contribution in [3.8, 4) is 0 Å². The molecule has 2 aliphatic rings. The maximum absolute atomic E-state index is 13.3. The molecule has 1 aromatic heterocycles. The van der Waals surface area contributed by atoms with Crippen molar-refractivity contribution in [1.29, 1.82) is 0 Å². The van der Waals surface area contributed by atoms with E-state index in [2.05, 4.69) is 22.5 Å². The van der Waals surface area contributed by atoms with Gasteiger partial charge in [-0.15, -0.1) is 0 Å². The first kappa shape index (κ1) is 28.2. The van der Waals surface area contributed by atoms with Gasteiger partial charge in [0.05, 0.1) is 6.54 Å². The van der Waals surface area contributed by atoms with Gasteiger partial charge in [-0.25, -0.2) is 14.6 Å². The van der Waals surface area contributed by atoms with Crippen molar-refractivity contribution in [3.05, 3.63) is 59.8 Å². The zero-order valence-corrected chi connectivity index (χ0v) is 21.5. The number of halogens is 3. The van der Waals surface area contributed by atoms with Crippen molar-refractivity contribution < 1.29 is 32.3 Å². The minimum absolute atomic E-state index is 0.0911. The molecule has 1 aromatic carbocycles. The number of pyridine rings is 1. The summed E-state index contributed by atoms with van der Waals surface area (Å²) in [7, 11) is 0. The number of urea groups is 1. The van der Waals surface area contributed by atoms with Gasteiger partial charge in [-0.05, 0) is 42.0 Å². The number of aromatic nitrogens is 1. The van der Waals surface area contributed by atoms with Crippen LogP contribution >= 0.6 is 0 Å². The number of nitrogens with one attached hydrogen (secondary N) is 3. The predicted octanol–water partition coefficient (Wildman–Crippen LogP) is 4.60. The molecular formula is C27H32F3N5O4. The minimum atomic E-state index is -4.54. The van der Waals surface area contributed by atoms with Crippen molar-refractivity contribution in [3.63, 3.8) is 0 Å². The molecular weight excluding hydrogens is 515 g/mol. The van der Waals surface area contributed by atoms with Crippen LogP contribution < -0.4 is 16.0 Å². The molecule has 2 atom stereocenters. The first-order chi connectivity index (χ1) is 18.6. The first-order valence-corrected chi connectivity index (χ1v) is 12.9. The number of amides is 4. The molecule has 1 saturated carbocycles. The molecule has 1 aliphatic carbocycles. The molecule has 9 nitrogen and oxygen atoms in total. The fourth-order valence-electron chi connectivity index (χ4n) is 4.85. The number of anilines is 1. The largest absolute Gasteiger partial charge is 0.436 e. The lowest BCUT2D eigenvalue weighted by molar-refractivity contribution is -0.149. The van der Waals surface area contributed by atoms with Crippen molar-refractivity contribution in [2.75, 3.05) is 11.9 Å². The maximum atomic E-state index is 13.3. The zero-order chi connectivity index (χ0) is 28.0. The van der Waals surface area contributed by atoms with E-state index in [4.69, 9.17) is 4.74 Å². The van der Waals surface area contributed by atoms with E-state index in [1.807, 2.05) is 35.6 Å². The molecule has 2 fully saturated rings. The van der Waals surface area contributed by atoms with E-state index in [1.165, 1.54) is 12.3 Å². The van der Waals surface area contributed by atoms with Gasteiger partial charge >= 0.3 is 18.3 Å². The lowest BCUT2D eigenvalue weighted by atomic mass is 9.80. The standard InChI is InChI=1S/C27H32F3N5O4/c1-17-7-9-20(10-8-17)23(39-26(38)32-14-18-5-3-2-4-6-18)24(36)34-22-13-19(11-12-31-22)15-35-16-21(27(28,29)30)33-25(35)37/h2-6,11-13,17,20-21,23H,7-10,14-16H2,1H3,(H,32,38)(H,33,37)(H,31,34,36)/t17?,20?,21-,23-/m0/s1. The highest BCUT2D eigenvalue weighted by atomic mass is 19.4. The van der Waals surface area contributed by atoms with E-state index in [0.717, 1.165) is 36.1 Å². The Morgan fingerprint density at radius 3 is 2.51 bits per heavy atom. The van der Waals surface area contributed by atoms with Crippen LogP contribution in [0.1, 0.15) is 43.7 Å². The molecule has 2 aromatic rings. The third-order valence-corrected chi connectivity index (χ3v) is 7.09.